The third-order valence-electron chi connectivity index (χ3n) is 2.36. The second kappa shape index (κ2) is 5.12. The molecule has 0 aliphatic carbocycles. The van der Waals surface area contributed by atoms with Crippen LogP contribution < -0.4 is 0 Å². The summed E-state index contributed by atoms with van der Waals surface area (Å²) in [6.07, 6.45) is 3.31. The number of hydrogen-bond acceptors (Lipinski definition) is 2. The maximum absolute atomic E-state index is 11.2. The van der Waals surface area contributed by atoms with Crippen LogP contribution in [0.1, 0.15) is 31.8 Å². The van der Waals surface area contributed by atoms with Gasteiger partial charge < -0.3 is 10.2 Å². The predicted molar refractivity (Wildman–Crippen MR) is 64.4 cm³/mol. The highest BCUT2D eigenvalue weighted by Crippen LogP contribution is 2.22. The van der Waals surface area contributed by atoms with E-state index < -0.39 is 11.9 Å². The minimum atomic E-state index is -1.26. The van der Waals surface area contributed by atoms with Gasteiger partial charge >= 0.3 is 11.9 Å². The van der Waals surface area contributed by atoms with Crippen LogP contribution in [0.5, 0.6) is 0 Å². The number of allylic oxidation sites excluding steroid dienone is 1. The van der Waals surface area contributed by atoms with E-state index in [9.17, 15) is 9.59 Å². The van der Waals surface area contributed by atoms with Gasteiger partial charge in [-0.15, -0.1) is 6.58 Å². The van der Waals surface area contributed by atoms with Crippen molar-refractivity contribution in [1.29, 1.82) is 0 Å². The minimum Gasteiger partial charge on any atom is -0.478 e. The van der Waals surface area contributed by atoms with Gasteiger partial charge in [-0.1, -0.05) is 24.8 Å². The molecule has 0 aliphatic heterocycles. The topological polar surface area (TPSA) is 74.6 Å². The normalized spacial score (nSPS) is 9.65. The molecule has 0 fully saturated rings. The van der Waals surface area contributed by atoms with Crippen LogP contribution in [0.3, 0.4) is 0 Å². The van der Waals surface area contributed by atoms with Crippen molar-refractivity contribution in [3.63, 3.8) is 0 Å². The van der Waals surface area contributed by atoms with Crippen LogP contribution in [0, 0.1) is 0 Å². The van der Waals surface area contributed by atoms with Crippen LogP contribution in [0.2, 0.25) is 0 Å². The molecule has 0 amide bonds. The first-order chi connectivity index (χ1) is 8.02. The van der Waals surface area contributed by atoms with E-state index in [0.29, 0.717) is 11.1 Å². The largest absolute Gasteiger partial charge is 0.478 e. The maximum atomic E-state index is 11.2. The lowest BCUT2D eigenvalue weighted by molar-refractivity contribution is 0.0650. The predicted octanol–water partition coefficient (Wildman–Crippen LogP) is 2.45. The molecule has 0 aliphatic rings. The van der Waals surface area contributed by atoms with Crippen molar-refractivity contribution in [3.8, 4) is 0 Å². The maximum Gasteiger partial charge on any atom is 0.336 e. The van der Waals surface area contributed by atoms with Gasteiger partial charge in [0, 0.05) is 0 Å². The van der Waals surface area contributed by atoms with Gasteiger partial charge in [-0.25, -0.2) is 9.59 Å². The molecule has 0 unspecified atom stereocenters. The van der Waals surface area contributed by atoms with Crippen molar-refractivity contribution in [2.75, 3.05) is 0 Å². The van der Waals surface area contributed by atoms with Crippen molar-refractivity contribution in [3.05, 3.63) is 53.6 Å². The molecule has 1 rings (SSSR count). The van der Waals surface area contributed by atoms with Gasteiger partial charge in [0.2, 0.25) is 0 Å². The molecule has 88 valence electrons. The molecule has 0 spiro atoms. The Balaban J connectivity index is 3.63. The number of rotatable bonds is 5. The monoisotopic (exact) mass is 232 g/mol. The number of carboxylic acid groups (broad SMARTS) is 2. The van der Waals surface area contributed by atoms with Gasteiger partial charge in [-0.2, -0.15) is 0 Å². The summed E-state index contributed by atoms with van der Waals surface area (Å²) in [5.74, 6) is -2.52. The van der Waals surface area contributed by atoms with E-state index in [0.717, 1.165) is 0 Å². The molecule has 2 N–H and O–H groups in total. The fraction of sp³-hybridized carbons (Fsp3) is 0.0769. The number of benzene rings is 1. The van der Waals surface area contributed by atoms with Crippen LogP contribution in [-0.2, 0) is 6.42 Å². The molecule has 0 saturated carbocycles. The molecule has 0 bridgehead atoms. The molecule has 0 atom stereocenters. The van der Waals surface area contributed by atoms with E-state index in [-0.39, 0.29) is 17.5 Å². The molecule has 17 heavy (non-hydrogen) atoms. The van der Waals surface area contributed by atoms with Gasteiger partial charge in [-0.3, -0.25) is 0 Å². The Kier molecular flexibility index (Phi) is 3.82. The van der Waals surface area contributed by atoms with E-state index in [1.54, 1.807) is 6.07 Å². The van der Waals surface area contributed by atoms with Gasteiger partial charge in [0.25, 0.3) is 0 Å². The first-order valence-electron chi connectivity index (χ1n) is 4.88. The van der Waals surface area contributed by atoms with Crippen molar-refractivity contribution in [2.45, 2.75) is 6.42 Å². The summed E-state index contributed by atoms with van der Waals surface area (Å²) in [6.45, 7) is 7.11. The third kappa shape index (κ3) is 2.42. The van der Waals surface area contributed by atoms with E-state index in [1.165, 1.54) is 18.2 Å². The van der Waals surface area contributed by atoms with E-state index in [2.05, 4.69) is 13.2 Å². The minimum absolute atomic E-state index is 0.199. The fourth-order valence-corrected chi connectivity index (χ4v) is 1.64. The molecule has 1 aromatic carbocycles. The Labute approximate surface area is 98.5 Å². The van der Waals surface area contributed by atoms with Crippen LogP contribution >= 0.6 is 0 Å². The molecular weight excluding hydrogens is 220 g/mol. The number of carboxylic acids is 2. The number of carbonyl (C=O) groups is 2. The molecule has 0 aromatic heterocycles. The number of hydrogen-bond donors (Lipinski definition) is 2. The second-order valence-corrected chi connectivity index (χ2v) is 3.36. The average Bonchev–Trinajstić information content (AvgIpc) is 2.28. The van der Waals surface area contributed by atoms with Crippen molar-refractivity contribution in [2.24, 2.45) is 0 Å². The summed E-state index contributed by atoms with van der Waals surface area (Å²) < 4.78 is 0. The van der Waals surface area contributed by atoms with Crippen LogP contribution in [0.4, 0.5) is 0 Å². The van der Waals surface area contributed by atoms with Crippen LogP contribution in [-0.4, -0.2) is 22.2 Å². The van der Waals surface area contributed by atoms with E-state index in [4.69, 9.17) is 10.2 Å². The fourth-order valence-electron chi connectivity index (χ4n) is 1.64. The Morgan fingerprint density at radius 2 is 1.82 bits per heavy atom. The molecule has 4 nitrogen and oxygen atoms in total. The van der Waals surface area contributed by atoms with E-state index in [1.807, 2.05) is 0 Å². The Bertz CT molecular complexity index is 500. The molecule has 0 saturated heterocycles. The summed E-state index contributed by atoms with van der Waals surface area (Å²) in [6, 6.07) is 2.82. The summed E-state index contributed by atoms with van der Waals surface area (Å²) in [7, 11) is 0. The Hall–Kier alpha value is -2.36. The summed E-state index contributed by atoms with van der Waals surface area (Å²) in [4.78, 5) is 22.1. The first-order valence-corrected chi connectivity index (χ1v) is 4.88. The van der Waals surface area contributed by atoms with E-state index >= 15 is 0 Å². The lowest BCUT2D eigenvalue weighted by Gasteiger charge is -2.10. The number of aromatic carboxylic acids is 2. The lowest BCUT2D eigenvalue weighted by Crippen LogP contribution is -2.12. The molecular formula is C13H12O4. The quantitative estimate of drug-likeness (QED) is 0.764. The van der Waals surface area contributed by atoms with Crippen LogP contribution in [0.15, 0.2) is 31.4 Å². The van der Waals surface area contributed by atoms with Crippen molar-refractivity contribution in [1.82, 2.24) is 0 Å². The highest BCUT2D eigenvalue weighted by Gasteiger charge is 2.21. The van der Waals surface area contributed by atoms with Gasteiger partial charge in [0.15, 0.2) is 0 Å². The highest BCUT2D eigenvalue weighted by molar-refractivity contribution is 6.03. The summed E-state index contributed by atoms with van der Waals surface area (Å²) in [5, 5.41) is 18.1. The first kappa shape index (κ1) is 12.7. The summed E-state index contributed by atoms with van der Waals surface area (Å²) in [5.41, 5.74) is 0.601. The van der Waals surface area contributed by atoms with Gasteiger partial charge in [0.05, 0.1) is 11.1 Å². The molecule has 4 heteroatoms. The Morgan fingerprint density at radius 1 is 1.18 bits per heavy atom. The molecule has 0 radical (unpaired) electrons. The molecule has 1 aromatic rings. The SMILES string of the molecule is C=CCc1c(C=C)ccc(C(=O)O)c1C(=O)O. The van der Waals surface area contributed by atoms with Gasteiger partial charge in [-0.05, 0) is 23.6 Å². The van der Waals surface area contributed by atoms with Crippen molar-refractivity contribution < 1.29 is 19.8 Å². The lowest BCUT2D eigenvalue weighted by atomic mass is 9.93. The third-order valence-corrected chi connectivity index (χ3v) is 2.36. The molecule has 0 heterocycles. The van der Waals surface area contributed by atoms with Crippen molar-refractivity contribution >= 4 is 18.0 Å². The standard InChI is InChI=1S/C13H12O4/c1-3-5-9-8(4-2)6-7-10(12(14)15)11(9)13(16)17/h3-4,6-7H,1-2,5H2,(H,14,15)(H,16,17). The average molecular weight is 232 g/mol. The zero-order chi connectivity index (χ0) is 13.0. The van der Waals surface area contributed by atoms with Crippen LogP contribution in [0.25, 0.3) is 6.08 Å². The van der Waals surface area contributed by atoms with Gasteiger partial charge in [0.1, 0.15) is 0 Å². The Morgan fingerprint density at radius 3 is 2.24 bits per heavy atom. The smallest absolute Gasteiger partial charge is 0.336 e. The summed E-state index contributed by atoms with van der Waals surface area (Å²) >= 11 is 0. The zero-order valence-corrected chi connectivity index (χ0v) is 9.14. The second-order valence-electron chi connectivity index (χ2n) is 3.36. The highest BCUT2D eigenvalue weighted by atomic mass is 16.4. The zero-order valence-electron chi connectivity index (χ0n) is 9.14.